The van der Waals surface area contributed by atoms with Gasteiger partial charge in [-0.3, -0.25) is 0 Å². The molecule has 13 heavy (non-hydrogen) atoms. The standard InChI is InChI=1S/C8H13ClN2OS/c1-12-5-3-2-4-10-8-11-7(9)6-13-8/h6H,2-5H2,1H3,(H,10,11). The van der Waals surface area contributed by atoms with Crippen molar-refractivity contribution >= 4 is 28.1 Å². The number of anilines is 1. The van der Waals surface area contributed by atoms with Crippen LogP contribution in [0.2, 0.25) is 5.15 Å². The van der Waals surface area contributed by atoms with Crippen LogP contribution in [0.15, 0.2) is 5.38 Å². The minimum Gasteiger partial charge on any atom is -0.385 e. The number of halogens is 1. The molecule has 1 aromatic heterocycles. The van der Waals surface area contributed by atoms with Gasteiger partial charge in [0.1, 0.15) is 5.15 Å². The minimum absolute atomic E-state index is 0.560. The molecule has 1 heterocycles. The summed E-state index contributed by atoms with van der Waals surface area (Å²) in [7, 11) is 1.72. The number of rotatable bonds is 6. The molecule has 1 N–H and O–H groups in total. The fourth-order valence-corrected chi connectivity index (χ4v) is 1.77. The van der Waals surface area contributed by atoms with Crippen molar-refractivity contribution in [3.8, 4) is 0 Å². The summed E-state index contributed by atoms with van der Waals surface area (Å²) in [5, 5.41) is 6.46. The van der Waals surface area contributed by atoms with Crippen LogP contribution < -0.4 is 5.32 Å². The van der Waals surface area contributed by atoms with Crippen LogP contribution in [0.25, 0.3) is 0 Å². The lowest BCUT2D eigenvalue weighted by Gasteiger charge is -2.01. The Labute approximate surface area is 87.1 Å². The quantitative estimate of drug-likeness (QED) is 0.749. The maximum Gasteiger partial charge on any atom is 0.184 e. The highest BCUT2D eigenvalue weighted by molar-refractivity contribution is 7.14. The Morgan fingerprint density at radius 1 is 1.62 bits per heavy atom. The zero-order chi connectivity index (χ0) is 9.52. The van der Waals surface area contributed by atoms with Crippen molar-refractivity contribution in [3.05, 3.63) is 10.5 Å². The van der Waals surface area contributed by atoms with E-state index in [1.54, 1.807) is 7.11 Å². The largest absolute Gasteiger partial charge is 0.385 e. The number of aromatic nitrogens is 1. The topological polar surface area (TPSA) is 34.1 Å². The zero-order valence-corrected chi connectivity index (χ0v) is 9.12. The lowest BCUT2D eigenvalue weighted by molar-refractivity contribution is 0.194. The molecule has 0 saturated carbocycles. The lowest BCUT2D eigenvalue weighted by atomic mass is 10.3. The molecule has 0 spiro atoms. The molecule has 0 amide bonds. The number of ether oxygens (including phenoxy) is 1. The van der Waals surface area contributed by atoms with Gasteiger partial charge in [0.05, 0.1) is 0 Å². The number of hydrogen-bond acceptors (Lipinski definition) is 4. The molecule has 1 aromatic rings. The van der Waals surface area contributed by atoms with Crippen LogP contribution >= 0.6 is 22.9 Å². The van der Waals surface area contributed by atoms with Gasteiger partial charge >= 0.3 is 0 Å². The third-order valence-electron chi connectivity index (χ3n) is 1.53. The SMILES string of the molecule is COCCCCNc1nc(Cl)cs1. The van der Waals surface area contributed by atoms with Crippen LogP contribution in [0, 0.1) is 0 Å². The van der Waals surface area contributed by atoms with Gasteiger partial charge in [0, 0.05) is 25.6 Å². The van der Waals surface area contributed by atoms with Crippen molar-refractivity contribution in [2.75, 3.05) is 25.6 Å². The number of methoxy groups -OCH3 is 1. The molecular weight excluding hydrogens is 208 g/mol. The molecule has 0 fully saturated rings. The number of thiazole rings is 1. The Morgan fingerprint density at radius 2 is 2.46 bits per heavy atom. The van der Waals surface area contributed by atoms with Gasteiger partial charge in [0.15, 0.2) is 5.13 Å². The van der Waals surface area contributed by atoms with Gasteiger partial charge in [-0.15, -0.1) is 11.3 Å². The van der Waals surface area contributed by atoms with E-state index in [4.69, 9.17) is 16.3 Å². The summed E-state index contributed by atoms with van der Waals surface area (Å²) in [5.41, 5.74) is 0. The van der Waals surface area contributed by atoms with E-state index in [0.29, 0.717) is 5.15 Å². The first kappa shape index (κ1) is 10.8. The van der Waals surface area contributed by atoms with Gasteiger partial charge in [0.2, 0.25) is 0 Å². The van der Waals surface area contributed by atoms with Crippen molar-refractivity contribution < 1.29 is 4.74 Å². The molecule has 0 aliphatic heterocycles. The normalized spacial score (nSPS) is 10.3. The van der Waals surface area contributed by atoms with Gasteiger partial charge in [-0.25, -0.2) is 4.98 Å². The number of nitrogens with zero attached hydrogens (tertiary/aromatic N) is 1. The van der Waals surface area contributed by atoms with Gasteiger partial charge in [0.25, 0.3) is 0 Å². The van der Waals surface area contributed by atoms with E-state index in [0.717, 1.165) is 31.1 Å². The monoisotopic (exact) mass is 220 g/mol. The molecule has 0 aromatic carbocycles. The summed E-state index contributed by atoms with van der Waals surface area (Å²) in [4.78, 5) is 4.07. The molecule has 0 bridgehead atoms. The second-order valence-corrected chi connectivity index (χ2v) is 3.85. The number of nitrogens with one attached hydrogen (secondary N) is 1. The number of hydrogen-bond donors (Lipinski definition) is 1. The first-order valence-corrected chi connectivity index (χ1v) is 5.42. The Hall–Kier alpha value is -0.320. The van der Waals surface area contributed by atoms with Crippen molar-refractivity contribution in [3.63, 3.8) is 0 Å². The molecule has 0 aliphatic carbocycles. The highest BCUT2D eigenvalue weighted by Crippen LogP contribution is 2.18. The van der Waals surface area contributed by atoms with E-state index in [2.05, 4.69) is 10.3 Å². The molecule has 1 rings (SSSR count). The zero-order valence-electron chi connectivity index (χ0n) is 7.55. The second kappa shape index (κ2) is 6.18. The summed E-state index contributed by atoms with van der Waals surface area (Å²) in [5.74, 6) is 0. The van der Waals surface area contributed by atoms with Gasteiger partial charge in [-0.1, -0.05) is 11.6 Å². The van der Waals surface area contributed by atoms with Gasteiger partial charge < -0.3 is 10.1 Å². The van der Waals surface area contributed by atoms with E-state index in [-0.39, 0.29) is 0 Å². The van der Waals surface area contributed by atoms with E-state index in [9.17, 15) is 0 Å². The third-order valence-corrected chi connectivity index (χ3v) is 2.65. The average molecular weight is 221 g/mol. The van der Waals surface area contributed by atoms with E-state index >= 15 is 0 Å². The molecule has 0 saturated heterocycles. The summed E-state index contributed by atoms with van der Waals surface area (Å²) in [6.45, 7) is 1.74. The van der Waals surface area contributed by atoms with Crippen LogP contribution in [0.1, 0.15) is 12.8 Å². The van der Waals surface area contributed by atoms with Gasteiger partial charge in [-0.2, -0.15) is 0 Å². The Kier molecular flexibility index (Phi) is 5.12. The molecule has 0 aliphatic rings. The van der Waals surface area contributed by atoms with Crippen molar-refractivity contribution in [2.24, 2.45) is 0 Å². The predicted octanol–water partition coefficient (Wildman–Crippen LogP) is 2.64. The molecule has 0 radical (unpaired) electrons. The Morgan fingerprint density at radius 3 is 3.08 bits per heavy atom. The van der Waals surface area contributed by atoms with E-state index < -0.39 is 0 Å². The predicted molar refractivity (Wildman–Crippen MR) is 56.7 cm³/mol. The third kappa shape index (κ3) is 4.45. The maximum atomic E-state index is 5.66. The summed E-state index contributed by atoms with van der Waals surface area (Å²) >= 11 is 7.19. The van der Waals surface area contributed by atoms with Crippen LogP contribution in [0.4, 0.5) is 5.13 Å². The summed E-state index contributed by atoms with van der Waals surface area (Å²) in [6.07, 6.45) is 2.16. The molecule has 5 heteroatoms. The summed E-state index contributed by atoms with van der Waals surface area (Å²) in [6, 6.07) is 0. The molecular formula is C8H13ClN2OS. The maximum absolute atomic E-state index is 5.66. The fraction of sp³-hybridized carbons (Fsp3) is 0.625. The molecule has 3 nitrogen and oxygen atoms in total. The first-order chi connectivity index (χ1) is 6.33. The lowest BCUT2D eigenvalue weighted by Crippen LogP contribution is -2.02. The van der Waals surface area contributed by atoms with E-state index in [1.807, 2.05) is 5.38 Å². The number of unbranched alkanes of at least 4 members (excludes halogenated alkanes) is 1. The summed E-state index contributed by atoms with van der Waals surface area (Å²) < 4.78 is 4.94. The fourth-order valence-electron chi connectivity index (χ4n) is 0.902. The highest BCUT2D eigenvalue weighted by atomic mass is 35.5. The van der Waals surface area contributed by atoms with Crippen LogP contribution in [-0.4, -0.2) is 25.2 Å². The second-order valence-electron chi connectivity index (χ2n) is 2.60. The Bertz CT molecular complexity index is 242. The van der Waals surface area contributed by atoms with Crippen molar-refractivity contribution in [1.29, 1.82) is 0 Å². The Balaban J connectivity index is 2.06. The molecule has 0 atom stereocenters. The molecule has 0 unspecified atom stereocenters. The van der Waals surface area contributed by atoms with Crippen LogP contribution in [0.5, 0.6) is 0 Å². The average Bonchev–Trinajstić information content (AvgIpc) is 2.51. The van der Waals surface area contributed by atoms with E-state index in [1.165, 1.54) is 11.3 Å². The molecule has 74 valence electrons. The van der Waals surface area contributed by atoms with Crippen LogP contribution in [-0.2, 0) is 4.74 Å². The first-order valence-electron chi connectivity index (χ1n) is 4.17. The highest BCUT2D eigenvalue weighted by Gasteiger charge is 1.97. The van der Waals surface area contributed by atoms with Crippen molar-refractivity contribution in [1.82, 2.24) is 4.98 Å². The van der Waals surface area contributed by atoms with Gasteiger partial charge in [-0.05, 0) is 12.8 Å². The van der Waals surface area contributed by atoms with Crippen molar-refractivity contribution in [2.45, 2.75) is 12.8 Å². The smallest absolute Gasteiger partial charge is 0.184 e. The minimum atomic E-state index is 0.560. The van der Waals surface area contributed by atoms with Crippen LogP contribution in [0.3, 0.4) is 0 Å².